The molecule has 2 aliphatic rings. The molecule has 1 spiro atoms. The number of carbonyl (C=O) groups is 2. The molecule has 3 amide bonds. The lowest BCUT2D eigenvalue weighted by Gasteiger charge is -2.58. The molecule has 0 bridgehead atoms. The second kappa shape index (κ2) is 7.03. The Balaban J connectivity index is 1.12. The predicted molar refractivity (Wildman–Crippen MR) is 107 cm³/mol. The summed E-state index contributed by atoms with van der Waals surface area (Å²) in [5, 5.41) is 9.55. The normalized spacial score (nSPS) is 17.6. The lowest BCUT2D eigenvalue weighted by atomic mass is 9.60. The lowest BCUT2D eigenvalue weighted by Crippen LogP contribution is -2.67. The predicted octanol–water partition coefficient (Wildman–Crippen LogP) is 2.43. The van der Waals surface area contributed by atoms with E-state index in [1.54, 1.807) is 21.8 Å². The Kier molecular flexibility index (Phi) is 4.42. The maximum absolute atomic E-state index is 12.8. The van der Waals surface area contributed by atoms with Crippen LogP contribution in [0.1, 0.15) is 35.2 Å². The van der Waals surface area contributed by atoms with Gasteiger partial charge in [0.1, 0.15) is 17.0 Å². The molecule has 5 rings (SSSR count). The molecular formula is C20H21F2N7O2. The number of likely N-dealkylation sites (tertiary alicyclic amines) is 1. The second-order valence-electron chi connectivity index (χ2n) is 8.38. The number of halogens is 2. The van der Waals surface area contributed by atoms with Crippen molar-refractivity contribution in [1.29, 1.82) is 0 Å². The van der Waals surface area contributed by atoms with Crippen LogP contribution in [0.15, 0.2) is 36.9 Å². The standard InChI is InChI=1S/C20H21F2N7O2/c1-27-4-5-29-17(27)14(9-24-29)18(30)28-10-20(11-28)7-13(8-20)25-19(31)26-15-6-12(16(21)22)2-3-23-15/h2-6,9,13,16H,7-8,10-11H2,1H3,(H2,23,25,26,31). The summed E-state index contributed by atoms with van der Waals surface area (Å²) in [5.74, 6) is 0.0412. The summed E-state index contributed by atoms with van der Waals surface area (Å²) in [6, 6.07) is 1.87. The molecule has 3 aromatic rings. The number of fused-ring (bicyclic) bond motifs is 1. The van der Waals surface area contributed by atoms with Crippen LogP contribution in [0.25, 0.3) is 5.65 Å². The zero-order chi connectivity index (χ0) is 21.8. The first-order valence-electron chi connectivity index (χ1n) is 9.93. The molecule has 0 aromatic carbocycles. The Morgan fingerprint density at radius 3 is 2.77 bits per heavy atom. The number of nitrogens with zero attached hydrogens (tertiary/aromatic N) is 5. The maximum Gasteiger partial charge on any atom is 0.320 e. The van der Waals surface area contributed by atoms with Gasteiger partial charge >= 0.3 is 6.03 Å². The van der Waals surface area contributed by atoms with Gasteiger partial charge in [-0.1, -0.05) is 0 Å². The third-order valence-electron chi connectivity index (χ3n) is 6.08. The highest BCUT2D eigenvalue weighted by molar-refractivity contribution is 6.00. The Morgan fingerprint density at radius 1 is 1.26 bits per heavy atom. The highest BCUT2D eigenvalue weighted by Crippen LogP contribution is 2.48. The number of pyridine rings is 1. The van der Waals surface area contributed by atoms with Gasteiger partial charge in [0, 0.05) is 55.7 Å². The van der Waals surface area contributed by atoms with Gasteiger partial charge in [0.25, 0.3) is 12.3 Å². The van der Waals surface area contributed by atoms with Crippen molar-refractivity contribution in [3.05, 3.63) is 48.0 Å². The summed E-state index contributed by atoms with van der Waals surface area (Å²) in [6.45, 7) is 1.29. The van der Waals surface area contributed by atoms with E-state index in [2.05, 4.69) is 20.7 Å². The number of amides is 3. The summed E-state index contributed by atoms with van der Waals surface area (Å²) >= 11 is 0. The highest BCUT2D eigenvalue weighted by atomic mass is 19.3. The van der Waals surface area contributed by atoms with E-state index in [0.717, 1.165) is 24.6 Å². The molecule has 1 saturated heterocycles. The van der Waals surface area contributed by atoms with Gasteiger partial charge in [-0.05, 0) is 25.0 Å². The van der Waals surface area contributed by atoms with Crippen LogP contribution in [-0.2, 0) is 7.05 Å². The summed E-state index contributed by atoms with van der Waals surface area (Å²) in [6.07, 6.45) is 5.39. The van der Waals surface area contributed by atoms with Crippen molar-refractivity contribution in [3.63, 3.8) is 0 Å². The van der Waals surface area contributed by atoms with Crippen LogP contribution in [-0.4, -0.2) is 55.1 Å². The number of hydrogen-bond donors (Lipinski definition) is 2. The number of carbonyl (C=O) groups excluding carboxylic acids is 2. The van der Waals surface area contributed by atoms with Gasteiger partial charge in [-0.15, -0.1) is 0 Å². The third kappa shape index (κ3) is 3.39. The van der Waals surface area contributed by atoms with Gasteiger partial charge < -0.3 is 14.8 Å². The minimum Gasteiger partial charge on any atom is -0.337 e. The summed E-state index contributed by atoms with van der Waals surface area (Å²) in [7, 11) is 1.87. The molecule has 1 saturated carbocycles. The molecule has 4 heterocycles. The van der Waals surface area contributed by atoms with Gasteiger partial charge in [0.2, 0.25) is 0 Å². The Bertz CT molecular complexity index is 1160. The SMILES string of the molecule is Cn1ccn2ncc(C(=O)N3CC4(CC(NC(=O)Nc5cc(C(F)F)ccn5)C4)C3)c12. The van der Waals surface area contributed by atoms with Crippen LogP contribution in [0.3, 0.4) is 0 Å². The number of imidazole rings is 1. The van der Waals surface area contributed by atoms with Crippen LogP contribution < -0.4 is 10.6 Å². The number of hydrogen-bond acceptors (Lipinski definition) is 4. The second-order valence-corrected chi connectivity index (χ2v) is 8.38. The monoisotopic (exact) mass is 429 g/mol. The number of aromatic nitrogens is 4. The molecule has 0 unspecified atom stereocenters. The molecule has 2 fully saturated rings. The maximum atomic E-state index is 12.8. The van der Waals surface area contributed by atoms with Crippen LogP contribution in [0, 0.1) is 5.41 Å². The first-order chi connectivity index (χ1) is 14.8. The first-order valence-corrected chi connectivity index (χ1v) is 9.93. The molecule has 162 valence electrons. The van der Waals surface area contributed by atoms with Gasteiger partial charge in [-0.2, -0.15) is 5.10 Å². The van der Waals surface area contributed by atoms with E-state index in [4.69, 9.17) is 0 Å². The van der Waals surface area contributed by atoms with Gasteiger partial charge in [-0.3, -0.25) is 10.1 Å². The van der Waals surface area contributed by atoms with E-state index in [0.29, 0.717) is 18.7 Å². The Morgan fingerprint density at radius 2 is 2.03 bits per heavy atom. The molecule has 1 aliphatic heterocycles. The van der Waals surface area contributed by atoms with E-state index in [1.807, 2.05) is 17.8 Å². The van der Waals surface area contributed by atoms with E-state index < -0.39 is 12.5 Å². The van der Waals surface area contributed by atoms with Crippen molar-refractivity contribution in [2.24, 2.45) is 12.5 Å². The topological polar surface area (TPSA) is 96.6 Å². The zero-order valence-corrected chi connectivity index (χ0v) is 16.8. The van der Waals surface area contributed by atoms with Crippen molar-refractivity contribution in [3.8, 4) is 0 Å². The zero-order valence-electron chi connectivity index (χ0n) is 16.8. The number of rotatable bonds is 4. The van der Waals surface area contributed by atoms with Crippen molar-refractivity contribution < 1.29 is 18.4 Å². The van der Waals surface area contributed by atoms with Crippen molar-refractivity contribution in [2.45, 2.75) is 25.3 Å². The van der Waals surface area contributed by atoms with Crippen molar-refractivity contribution in [2.75, 3.05) is 18.4 Å². The van der Waals surface area contributed by atoms with Gasteiger partial charge in [0.05, 0.1) is 6.20 Å². The third-order valence-corrected chi connectivity index (χ3v) is 6.08. The van der Waals surface area contributed by atoms with Crippen molar-refractivity contribution >= 4 is 23.4 Å². The summed E-state index contributed by atoms with van der Waals surface area (Å²) < 4.78 is 29.1. The van der Waals surface area contributed by atoms with Gasteiger partial charge in [0.15, 0.2) is 0 Å². The first kappa shape index (κ1) is 19.5. The minimum absolute atomic E-state index is 0.0220. The summed E-state index contributed by atoms with van der Waals surface area (Å²) in [4.78, 5) is 30.7. The summed E-state index contributed by atoms with van der Waals surface area (Å²) in [5.41, 5.74) is 1.18. The quantitative estimate of drug-likeness (QED) is 0.666. The fraction of sp³-hybridized carbons (Fsp3) is 0.400. The molecule has 9 nitrogen and oxygen atoms in total. The number of nitrogens with one attached hydrogen (secondary N) is 2. The van der Waals surface area contributed by atoms with Crippen LogP contribution >= 0.6 is 0 Å². The Labute approximate surface area is 176 Å². The van der Waals surface area contributed by atoms with Crippen LogP contribution in [0.4, 0.5) is 19.4 Å². The van der Waals surface area contributed by atoms with E-state index in [1.165, 1.54) is 12.3 Å². The largest absolute Gasteiger partial charge is 0.337 e. The molecule has 2 N–H and O–H groups in total. The molecule has 0 atom stereocenters. The number of aryl methyl sites for hydroxylation is 1. The van der Waals surface area contributed by atoms with Gasteiger partial charge in [-0.25, -0.2) is 23.1 Å². The molecule has 0 radical (unpaired) electrons. The molecule has 1 aliphatic carbocycles. The van der Waals surface area contributed by atoms with E-state index in [9.17, 15) is 18.4 Å². The smallest absolute Gasteiger partial charge is 0.320 e. The highest BCUT2D eigenvalue weighted by Gasteiger charge is 2.54. The Hall–Kier alpha value is -3.50. The van der Waals surface area contributed by atoms with Crippen LogP contribution in [0.5, 0.6) is 0 Å². The molecule has 31 heavy (non-hydrogen) atoms. The van der Waals surface area contributed by atoms with Crippen molar-refractivity contribution in [1.82, 2.24) is 29.4 Å². The molecular weight excluding hydrogens is 408 g/mol. The average molecular weight is 429 g/mol. The van der Waals surface area contributed by atoms with Crippen LogP contribution in [0.2, 0.25) is 0 Å². The fourth-order valence-electron chi connectivity index (χ4n) is 4.61. The number of anilines is 1. The minimum atomic E-state index is -2.62. The average Bonchev–Trinajstić information content (AvgIpc) is 3.25. The molecule has 11 heteroatoms. The number of alkyl halides is 2. The van der Waals surface area contributed by atoms with E-state index in [-0.39, 0.29) is 28.7 Å². The fourth-order valence-corrected chi connectivity index (χ4v) is 4.61. The molecule has 3 aromatic heterocycles. The van der Waals surface area contributed by atoms with E-state index >= 15 is 0 Å². The lowest BCUT2D eigenvalue weighted by molar-refractivity contribution is -0.0582. The number of urea groups is 1.